The maximum Gasteiger partial charge on any atom is 0.281 e. The molecule has 1 aliphatic heterocycles. The molecule has 0 unspecified atom stereocenters. The second-order valence-corrected chi connectivity index (χ2v) is 7.77. The summed E-state index contributed by atoms with van der Waals surface area (Å²) >= 11 is 0. The van der Waals surface area contributed by atoms with E-state index in [-0.39, 0.29) is 31.6 Å². The first-order valence-corrected chi connectivity index (χ1v) is 8.71. The van der Waals surface area contributed by atoms with Gasteiger partial charge in [-0.15, -0.1) is 0 Å². The smallest absolute Gasteiger partial charge is 0.281 e. The predicted molar refractivity (Wildman–Crippen MR) is 84.0 cm³/mol. The van der Waals surface area contributed by atoms with E-state index in [1.807, 2.05) is 4.57 Å². The third kappa shape index (κ3) is 3.12. The van der Waals surface area contributed by atoms with Crippen molar-refractivity contribution in [2.45, 2.75) is 12.6 Å². The van der Waals surface area contributed by atoms with Gasteiger partial charge in [-0.05, 0) is 12.1 Å². The van der Waals surface area contributed by atoms with Crippen LogP contribution in [0.3, 0.4) is 0 Å². The van der Waals surface area contributed by atoms with Crippen LogP contribution in [0.25, 0.3) is 0 Å². The lowest BCUT2D eigenvalue weighted by Crippen LogP contribution is -2.46. The lowest BCUT2D eigenvalue weighted by Gasteiger charge is -2.34. The van der Waals surface area contributed by atoms with Crippen molar-refractivity contribution in [3.8, 4) is 5.88 Å². The Bertz CT molecular complexity index is 823. The maximum absolute atomic E-state index is 13.6. The molecule has 0 fully saturated rings. The molecule has 130 valence electrons. The molecule has 0 bridgehead atoms. The molecule has 3 rings (SSSR count). The maximum atomic E-state index is 13.6. The van der Waals surface area contributed by atoms with Crippen LogP contribution in [0, 0.1) is 5.82 Å². The molecule has 2 aromatic rings. The summed E-state index contributed by atoms with van der Waals surface area (Å²) in [6.45, 7) is 0.518. The minimum absolute atomic E-state index is 0.0801. The van der Waals surface area contributed by atoms with Gasteiger partial charge in [0, 0.05) is 33.0 Å². The predicted octanol–water partition coefficient (Wildman–Crippen LogP) is 0.659. The Morgan fingerprint density at radius 1 is 1.46 bits per heavy atom. The first-order chi connectivity index (χ1) is 11.4. The van der Waals surface area contributed by atoms with Crippen LogP contribution < -0.4 is 4.74 Å². The SMILES string of the molecule is CN(C)S(=O)(=O)N1Cc2cncn2[C@H](COc2ncccc2F)C1. The molecule has 0 aromatic carbocycles. The number of hydrogen-bond acceptors (Lipinski definition) is 5. The first-order valence-electron chi connectivity index (χ1n) is 7.31. The van der Waals surface area contributed by atoms with Gasteiger partial charge in [0.25, 0.3) is 10.2 Å². The van der Waals surface area contributed by atoms with Crippen molar-refractivity contribution in [2.24, 2.45) is 0 Å². The summed E-state index contributed by atoms with van der Waals surface area (Å²) in [6.07, 6.45) is 4.67. The van der Waals surface area contributed by atoms with Gasteiger partial charge in [-0.25, -0.2) is 14.4 Å². The highest BCUT2D eigenvalue weighted by atomic mass is 32.2. The van der Waals surface area contributed by atoms with Crippen LogP contribution in [0.4, 0.5) is 4.39 Å². The zero-order chi connectivity index (χ0) is 17.3. The molecule has 0 saturated heterocycles. The van der Waals surface area contributed by atoms with Crippen molar-refractivity contribution in [3.63, 3.8) is 0 Å². The molecule has 0 N–H and O–H groups in total. The fraction of sp³-hybridized carbons (Fsp3) is 0.429. The second-order valence-electron chi connectivity index (χ2n) is 5.63. The van der Waals surface area contributed by atoms with E-state index in [0.717, 1.165) is 10.00 Å². The molecule has 24 heavy (non-hydrogen) atoms. The lowest BCUT2D eigenvalue weighted by molar-refractivity contribution is 0.181. The summed E-state index contributed by atoms with van der Waals surface area (Å²) in [5.74, 6) is -0.663. The minimum Gasteiger partial charge on any atom is -0.473 e. The number of fused-ring (bicyclic) bond motifs is 1. The Labute approximate surface area is 139 Å². The Balaban J connectivity index is 1.81. The summed E-state index contributed by atoms with van der Waals surface area (Å²) in [6, 6.07) is 2.41. The average Bonchev–Trinajstić information content (AvgIpc) is 3.02. The monoisotopic (exact) mass is 355 g/mol. The molecule has 1 aliphatic rings. The Morgan fingerprint density at radius 3 is 2.96 bits per heavy atom. The van der Waals surface area contributed by atoms with Crippen molar-refractivity contribution in [3.05, 3.63) is 42.4 Å². The van der Waals surface area contributed by atoms with Gasteiger partial charge < -0.3 is 9.30 Å². The number of ether oxygens (including phenoxy) is 1. The Kier molecular flexibility index (Phi) is 4.52. The van der Waals surface area contributed by atoms with Gasteiger partial charge >= 0.3 is 0 Å². The van der Waals surface area contributed by atoms with Crippen LogP contribution in [0.2, 0.25) is 0 Å². The van der Waals surface area contributed by atoms with E-state index in [4.69, 9.17) is 4.74 Å². The van der Waals surface area contributed by atoms with Crippen molar-refractivity contribution in [1.29, 1.82) is 0 Å². The number of nitrogens with zero attached hydrogens (tertiary/aromatic N) is 5. The van der Waals surface area contributed by atoms with Crippen molar-refractivity contribution < 1.29 is 17.5 Å². The van der Waals surface area contributed by atoms with Crippen molar-refractivity contribution in [2.75, 3.05) is 27.2 Å². The number of hydrogen-bond donors (Lipinski definition) is 0. The highest BCUT2D eigenvalue weighted by Gasteiger charge is 2.34. The first kappa shape index (κ1) is 16.8. The fourth-order valence-corrected chi connectivity index (χ4v) is 3.66. The van der Waals surface area contributed by atoms with E-state index >= 15 is 0 Å². The second kappa shape index (κ2) is 6.46. The van der Waals surface area contributed by atoms with Crippen molar-refractivity contribution >= 4 is 10.2 Å². The quantitative estimate of drug-likeness (QED) is 0.787. The topological polar surface area (TPSA) is 80.6 Å². The highest BCUT2D eigenvalue weighted by molar-refractivity contribution is 7.86. The molecule has 0 aliphatic carbocycles. The van der Waals surface area contributed by atoms with E-state index < -0.39 is 16.0 Å². The highest BCUT2D eigenvalue weighted by Crippen LogP contribution is 2.25. The van der Waals surface area contributed by atoms with E-state index in [2.05, 4.69) is 9.97 Å². The molecular weight excluding hydrogens is 337 g/mol. The van der Waals surface area contributed by atoms with Crippen LogP contribution in [0.5, 0.6) is 5.88 Å². The minimum atomic E-state index is -3.56. The number of aromatic nitrogens is 3. The van der Waals surface area contributed by atoms with Crippen molar-refractivity contribution in [1.82, 2.24) is 23.1 Å². The molecule has 8 nitrogen and oxygen atoms in total. The number of pyridine rings is 1. The van der Waals surface area contributed by atoms with Crippen LogP contribution in [0.1, 0.15) is 11.7 Å². The summed E-state index contributed by atoms with van der Waals surface area (Å²) in [7, 11) is -0.600. The summed E-state index contributed by atoms with van der Waals surface area (Å²) in [5, 5.41) is 0. The van der Waals surface area contributed by atoms with E-state index in [0.29, 0.717) is 0 Å². The van der Waals surface area contributed by atoms with E-state index in [1.165, 1.54) is 36.7 Å². The van der Waals surface area contributed by atoms with Gasteiger partial charge in [0.1, 0.15) is 6.61 Å². The van der Waals surface area contributed by atoms with Gasteiger partial charge in [-0.1, -0.05) is 0 Å². The summed E-state index contributed by atoms with van der Waals surface area (Å²) in [4.78, 5) is 7.91. The fourth-order valence-electron chi connectivity index (χ4n) is 2.54. The third-order valence-corrected chi connectivity index (χ3v) is 5.67. The molecule has 0 radical (unpaired) electrons. The molecule has 0 saturated carbocycles. The van der Waals surface area contributed by atoms with Crippen LogP contribution in [-0.4, -0.2) is 58.8 Å². The average molecular weight is 355 g/mol. The Hall–Kier alpha value is -2.04. The van der Waals surface area contributed by atoms with Gasteiger partial charge in [-0.3, -0.25) is 0 Å². The molecule has 10 heteroatoms. The number of rotatable bonds is 5. The van der Waals surface area contributed by atoms with Gasteiger partial charge in [0.15, 0.2) is 5.82 Å². The molecule has 2 aromatic heterocycles. The van der Waals surface area contributed by atoms with Gasteiger partial charge in [0.05, 0.1) is 24.6 Å². The largest absolute Gasteiger partial charge is 0.473 e. The van der Waals surface area contributed by atoms with E-state index in [1.54, 1.807) is 12.5 Å². The number of halogens is 1. The van der Waals surface area contributed by atoms with Gasteiger partial charge in [0.2, 0.25) is 5.88 Å². The molecule has 3 heterocycles. The van der Waals surface area contributed by atoms with Crippen LogP contribution in [-0.2, 0) is 16.8 Å². The molecule has 1 atom stereocenters. The molecule has 0 amide bonds. The zero-order valence-electron chi connectivity index (χ0n) is 13.3. The lowest BCUT2D eigenvalue weighted by atomic mass is 10.2. The Morgan fingerprint density at radius 2 is 2.25 bits per heavy atom. The molecule has 0 spiro atoms. The summed E-state index contributed by atoms with van der Waals surface area (Å²) < 4.78 is 48.3. The standard InChI is InChI=1S/C14H18FN5O3S/c1-18(2)24(21,22)19-7-11-6-16-10-20(11)12(8-19)9-23-14-13(15)4-3-5-17-14/h3-6,10,12H,7-9H2,1-2H3/t12-/m0/s1. The van der Waals surface area contributed by atoms with Crippen LogP contribution >= 0.6 is 0 Å². The summed E-state index contributed by atoms with van der Waals surface area (Å²) in [5.41, 5.74) is 0.752. The molecular formula is C14H18FN5O3S. The normalized spacial score (nSPS) is 18.6. The van der Waals surface area contributed by atoms with E-state index in [9.17, 15) is 12.8 Å². The zero-order valence-corrected chi connectivity index (χ0v) is 14.1. The van der Waals surface area contributed by atoms with Crippen LogP contribution in [0.15, 0.2) is 30.9 Å². The van der Waals surface area contributed by atoms with Gasteiger partial charge in [-0.2, -0.15) is 17.0 Å². The number of imidazole rings is 1. The third-order valence-electron chi connectivity index (χ3n) is 3.82.